The van der Waals surface area contributed by atoms with Crippen LogP contribution < -0.4 is 11.3 Å². The van der Waals surface area contributed by atoms with Crippen molar-refractivity contribution in [2.24, 2.45) is 5.84 Å². The lowest BCUT2D eigenvalue weighted by atomic mass is 10.1. The van der Waals surface area contributed by atoms with Crippen LogP contribution in [0.4, 0.5) is 11.4 Å². The number of benzene rings is 1. The topological polar surface area (TPSA) is 111 Å². The highest BCUT2D eigenvalue weighted by Crippen LogP contribution is 2.29. The van der Waals surface area contributed by atoms with E-state index in [2.05, 4.69) is 5.43 Å². The van der Waals surface area contributed by atoms with Crippen molar-refractivity contribution in [3.8, 4) is 0 Å². The summed E-state index contributed by atoms with van der Waals surface area (Å²) in [6.07, 6.45) is 0.731. The van der Waals surface area contributed by atoms with E-state index in [0.29, 0.717) is 19.8 Å². The number of morpholine rings is 1. The van der Waals surface area contributed by atoms with Gasteiger partial charge in [0.05, 0.1) is 24.2 Å². The van der Waals surface area contributed by atoms with Gasteiger partial charge in [0.2, 0.25) is 0 Å². The normalized spacial score (nSPS) is 18.4. The number of hydrogen-bond acceptors (Lipinski definition) is 6. The number of nitrogens with one attached hydrogen (secondary N) is 1. The molecule has 114 valence electrons. The highest BCUT2D eigenvalue weighted by atomic mass is 16.6. The molecule has 1 amide bonds. The fraction of sp³-hybridized carbons (Fsp3) is 0.462. The molecule has 21 heavy (non-hydrogen) atoms. The van der Waals surface area contributed by atoms with Gasteiger partial charge in [-0.05, 0) is 18.6 Å². The average molecular weight is 294 g/mol. The predicted octanol–water partition coefficient (Wildman–Crippen LogP) is 1.13. The monoisotopic (exact) mass is 294 g/mol. The van der Waals surface area contributed by atoms with Gasteiger partial charge >= 0.3 is 5.69 Å². The molecule has 1 aliphatic rings. The summed E-state index contributed by atoms with van der Waals surface area (Å²) in [6.45, 7) is 3.26. The van der Waals surface area contributed by atoms with E-state index in [1.54, 1.807) is 11.0 Å². The van der Waals surface area contributed by atoms with Crippen LogP contribution in [-0.4, -0.2) is 41.5 Å². The third-order valence-electron chi connectivity index (χ3n) is 3.56. The standard InChI is InChI=1S/C13H18N4O4/c1-2-9-8-21-7-6-16(9)13(18)10-4-3-5-11(15-14)12(10)17(19)20/h3-5,9,15H,2,6-8,14H2,1H3. The van der Waals surface area contributed by atoms with Crippen LogP contribution in [0.5, 0.6) is 0 Å². The molecule has 1 heterocycles. The minimum Gasteiger partial charge on any atom is -0.377 e. The van der Waals surface area contributed by atoms with Gasteiger partial charge in [0.25, 0.3) is 5.91 Å². The number of para-hydroxylation sites is 1. The second-order valence-electron chi connectivity index (χ2n) is 4.74. The van der Waals surface area contributed by atoms with Gasteiger partial charge in [0.15, 0.2) is 0 Å². The lowest BCUT2D eigenvalue weighted by molar-refractivity contribution is -0.384. The second kappa shape index (κ2) is 6.51. The zero-order valence-corrected chi connectivity index (χ0v) is 11.7. The number of carbonyl (C=O) groups is 1. The minimum atomic E-state index is -0.593. The predicted molar refractivity (Wildman–Crippen MR) is 76.8 cm³/mol. The third kappa shape index (κ3) is 2.96. The fourth-order valence-corrected chi connectivity index (χ4v) is 2.44. The Morgan fingerprint density at radius 3 is 3.00 bits per heavy atom. The molecule has 8 heteroatoms. The molecule has 0 saturated carbocycles. The summed E-state index contributed by atoms with van der Waals surface area (Å²) in [5.74, 6) is 4.92. The maximum Gasteiger partial charge on any atom is 0.306 e. The van der Waals surface area contributed by atoms with Gasteiger partial charge < -0.3 is 15.1 Å². The van der Waals surface area contributed by atoms with Crippen molar-refractivity contribution in [3.05, 3.63) is 33.9 Å². The van der Waals surface area contributed by atoms with E-state index in [0.717, 1.165) is 6.42 Å². The first-order valence-electron chi connectivity index (χ1n) is 6.72. The molecule has 0 radical (unpaired) electrons. The number of nitro groups is 1. The van der Waals surface area contributed by atoms with Crippen LogP contribution in [0.1, 0.15) is 23.7 Å². The van der Waals surface area contributed by atoms with Crippen molar-refractivity contribution < 1.29 is 14.5 Å². The van der Waals surface area contributed by atoms with Crippen LogP contribution in [0.3, 0.4) is 0 Å². The van der Waals surface area contributed by atoms with E-state index in [1.807, 2.05) is 6.92 Å². The van der Waals surface area contributed by atoms with Gasteiger partial charge in [0.1, 0.15) is 11.3 Å². The maximum atomic E-state index is 12.7. The summed E-state index contributed by atoms with van der Waals surface area (Å²) in [4.78, 5) is 25.0. The molecular formula is C13H18N4O4. The summed E-state index contributed by atoms with van der Waals surface area (Å²) in [6, 6.07) is 4.41. The molecule has 0 aromatic heterocycles. The van der Waals surface area contributed by atoms with E-state index < -0.39 is 4.92 Å². The molecule has 1 fully saturated rings. The summed E-state index contributed by atoms with van der Waals surface area (Å²) < 4.78 is 5.35. The number of hydrazine groups is 1. The van der Waals surface area contributed by atoms with E-state index >= 15 is 0 Å². The molecule has 1 atom stereocenters. The van der Waals surface area contributed by atoms with Crippen molar-refractivity contribution in [2.75, 3.05) is 25.2 Å². The number of nitro benzene ring substituents is 1. The van der Waals surface area contributed by atoms with Crippen LogP contribution >= 0.6 is 0 Å². The van der Waals surface area contributed by atoms with Gasteiger partial charge in [-0.2, -0.15) is 0 Å². The van der Waals surface area contributed by atoms with Gasteiger partial charge in [-0.25, -0.2) is 0 Å². The molecular weight excluding hydrogens is 276 g/mol. The molecule has 3 N–H and O–H groups in total. The van der Waals surface area contributed by atoms with Crippen molar-refractivity contribution >= 4 is 17.3 Å². The number of nitrogen functional groups attached to an aromatic ring is 1. The zero-order valence-electron chi connectivity index (χ0n) is 11.7. The first kappa shape index (κ1) is 15.2. The van der Waals surface area contributed by atoms with Crippen LogP contribution in [0.15, 0.2) is 18.2 Å². The van der Waals surface area contributed by atoms with E-state index in [-0.39, 0.29) is 28.9 Å². The largest absolute Gasteiger partial charge is 0.377 e. The summed E-state index contributed by atoms with van der Waals surface area (Å²) >= 11 is 0. The summed E-state index contributed by atoms with van der Waals surface area (Å²) in [5.41, 5.74) is 2.12. The maximum absolute atomic E-state index is 12.7. The first-order chi connectivity index (χ1) is 10.1. The molecule has 0 aliphatic carbocycles. The first-order valence-corrected chi connectivity index (χ1v) is 6.72. The zero-order chi connectivity index (χ0) is 15.4. The Morgan fingerprint density at radius 1 is 1.62 bits per heavy atom. The molecule has 1 saturated heterocycles. The van der Waals surface area contributed by atoms with Gasteiger partial charge in [-0.15, -0.1) is 0 Å². The molecule has 0 bridgehead atoms. The van der Waals surface area contributed by atoms with E-state index in [1.165, 1.54) is 12.1 Å². The van der Waals surface area contributed by atoms with Gasteiger partial charge in [-0.1, -0.05) is 13.0 Å². The Hall–Kier alpha value is -2.19. The van der Waals surface area contributed by atoms with Crippen LogP contribution in [0.2, 0.25) is 0 Å². The quantitative estimate of drug-likeness (QED) is 0.489. The number of ether oxygens (including phenoxy) is 1. The number of nitrogens with zero attached hydrogens (tertiary/aromatic N) is 2. The molecule has 8 nitrogen and oxygen atoms in total. The smallest absolute Gasteiger partial charge is 0.306 e. The molecule has 1 aliphatic heterocycles. The minimum absolute atomic E-state index is 0.0378. The number of anilines is 1. The molecule has 1 aromatic carbocycles. The number of carbonyl (C=O) groups excluding carboxylic acids is 1. The number of amides is 1. The second-order valence-corrected chi connectivity index (χ2v) is 4.74. The van der Waals surface area contributed by atoms with Crippen molar-refractivity contribution in [1.82, 2.24) is 4.90 Å². The van der Waals surface area contributed by atoms with Gasteiger partial charge in [0, 0.05) is 6.54 Å². The lowest BCUT2D eigenvalue weighted by Crippen LogP contribution is -2.48. The number of nitrogens with two attached hydrogens (primary N) is 1. The Labute approximate surface area is 122 Å². The highest BCUT2D eigenvalue weighted by Gasteiger charge is 2.32. The number of rotatable bonds is 4. The summed E-state index contributed by atoms with van der Waals surface area (Å²) in [5, 5.41) is 11.3. The Bertz CT molecular complexity index is 549. The van der Waals surface area contributed by atoms with Gasteiger partial charge in [-0.3, -0.25) is 20.8 Å². The Morgan fingerprint density at radius 2 is 2.38 bits per heavy atom. The molecule has 2 rings (SSSR count). The molecule has 1 aromatic rings. The van der Waals surface area contributed by atoms with Crippen molar-refractivity contribution in [1.29, 1.82) is 0 Å². The lowest BCUT2D eigenvalue weighted by Gasteiger charge is -2.35. The van der Waals surface area contributed by atoms with Crippen molar-refractivity contribution in [3.63, 3.8) is 0 Å². The average Bonchev–Trinajstić information content (AvgIpc) is 2.53. The van der Waals surface area contributed by atoms with Crippen LogP contribution in [0, 0.1) is 10.1 Å². The SMILES string of the molecule is CCC1COCCN1C(=O)c1cccc(NN)c1[N+](=O)[O-]. The Balaban J connectivity index is 2.40. The molecule has 0 spiro atoms. The number of hydrogen-bond donors (Lipinski definition) is 2. The van der Waals surface area contributed by atoms with E-state index in [4.69, 9.17) is 10.6 Å². The van der Waals surface area contributed by atoms with Crippen molar-refractivity contribution in [2.45, 2.75) is 19.4 Å². The van der Waals surface area contributed by atoms with Crippen LogP contribution in [-0.2, 0) is 4.74 Å². The third-order valence-corrected chi connectivity index (χ3v) is 3.56. The fourth-order valence-electron chi connectivity index (χ4n) is 2.44. The van der Waals surface area contributed by atoms with E-state index in [9.17, 15) is 14.9 Å². The highest BCUT2D eigenvalue weighted by molar-refractivity contribution is 6.00. The van der Waals surface area contributed by atoms with Crippen LogP contribution in [0.25, 0.3) is 0 Å². The molecule has 1 unspecified atom stereocenters. The summed E-state index contributed by atoms with van der Waals surface area (Å²) in [7, 11) is 0. The Kier molecular flexibility index (Phi) is 4.71.